The minimum atomic E-state index is 0. The van der Waals surface area contributed by atoms with E-state index in [1.54, 1.807) is 0 Å². The summed E-state index contributed by atoms with van der Waals surface area (Å²) >= 11 is 0. The zero-order chi connectivity index (χ0) is 16.6. The third kappa shape index (κ3) is 5.83. The zero-order valence-electron chi connectivity index (χ0n) is 14.6. The van der Waals surface area contributed by atoms with E-state index in [1.807, 2.05) is 30.3 Å². The summed E-state index contributed by atoms with van der Waals surface area (Å²) in [5.41, 5.74) is 2.35. The highest BCUT2D eigenvalue weighted by atomic mass is 35.5. The molecule has 3 rings (SSSR count). The van der Waals surface area contributed by atoms with Crippen molar-refractivity contribution in [3.63, 3.8) is 0 Å². The Morgan fingerprint density at radius 2 is 1.68 bits per heavy atom. The SMILES string of the molecule is CCCCNCc1ccc(OCc2ccc3c(c2)OCCO3)cc1.Cl. The Labute approximate surface area is 155 Å². The second-order valence-electron chi connectivity index (χ2n) is 5.94. The Balaban J connectivity index is 0.00000225. The van der Waals surface area contributed by atoms with Crippen LogP contribution in [0.25, 0.3) is 0 Å². The number of ether oxygens (including phenoxy) is 3. The second-order valence-corrected chi connectivity index (χ2v) is 5.94. The van der Waals surface area contributed by atoms with E-state index >= 15 is 0 Å². The first-order valence-electron chi connectivity index (χ1n) is 8.66. The van der Waals surface area contributed by atoms with E-state index in [0.717, 1.165) is 35.9 Å². The van der Waals surface area contributed by atoms with Crippen molar-refractivity contribution in [1.29, 1.82) is 0 Å². The minimum absolute atomic E-state index is 0. The minimum Gasteiger partial charge on any atom is -0.489 e. The summed E-state index contributed by atoms with van der Waals surface area (Å²) in [6, 6.07) is 14.2. The first-order chi connectivity index (χ1) is 11.8. The first-order valence-corrected chi connectivity index (χ1v) is 8.66. The summed E-state index contributed by atoms with van der Waals surface area (Å²) in [6.07, 6.45) is 2.44. The quantitative estimate of drug-likeness (QED) is 0.708. The molecule has 0 amide bonds. The number of fused-ring (bicyclic) bond motifs is 1. The van der Waals surface area contributed by atoms with Crippen molar-refractivity contribution >= 4 is 12.4 Å². The molecule has 0 atom stereocenters. The Kier molecular flexibility index (Phi) is 7.89. The first kappa shape index (κ1) is 19.4. The van der Waals surface area contributed by atoms with Gasteiger partial charge in [0.25, 0.3) is 0 Å². The van der Waals surface area contributed by atoms with Crippen molar-refractivity contribution in [2.75, 3.05) is 19.8 Å². The average molecular weight is 364 g/mol. The van der Waals surface area contributed by atoms with E-state index in [2.05, 4.69) is 24.4 Å². The van der Waals surface area contributed by atoms with Crippen LogP contribution in [-0.2, 0) is 13.2 Å². The topological polar surface area (TPSA) is 39.7 Å². The van der Waals surface area contributed by atoms with E-state index in [-0.39, 0.29) is 12.4 Å². The number of hydrogen-bond acceptors (Lipinski definition) is 4. The molecule has 0 aromatic heterocycles. The third-order valence-electron chi connectivity index (χ3n) is 3.97. The van der Waals surface area contributed by atoms with Gasteiger partial charge in [-0.2, -0.15) is 0 Å². The van der Waals surface area contributed by atoms with Crippen LogP contribution in [0, 0.1) is 0 Å². The summed E-state index contributed by atoms with van der Waals surface area (Å²) in [5, 5.41) is 3.44. The Morgan fingerprint density at radius 1 is 0.960 bits per heavy atom. The van der Waals surface area contributed by atoms with Gasteiger partial charge >= 0.3 is 0 Å². The highest BCUT2D eigenvalue weighted by molar-refractivity contribution is 5.85. The van der Waals surface area contributed by atoms with Crippen LogP contribution >= 0.6 is 12.4 Å². The van der Waals surface area contributed by atoms with Crippen molar-refractivity contribution in [2.45, 2.75) is 32.9 Å². The molecule has 0 saturated carbocycles. The summed E-state index contributed by atoms with van der Waals surface area (Å²) in [6.45, 7) is 5.91. The summed E-state index contributed by atoms with van der Waals surface area (Å²) in [7, 11) is 0. The molecule has 2 aromatic rings. The van der Waals surface area contributed by atoms with E-state index < -0.39 is 0 Å². The van der Waals surface area contributed by atoms with Gasteiger partial charge in [-0.05, 0) is 48.4 Å². The highest BCUT2D eigenvalue weighted by Crippen LogP contribution is 2.31. The molecule has 5 heteroatoms. The maximum absolute atomic E-state index is 5.86. The van der Waals surface area contributed by atoms with Crippen LogP contribution in [0.2, 0.25) is 0 Å². The zero-order valence-corrected chi connectivity index (χ0v) is 15.4. The Bertz CT molecular complexity index is 646. The molecule has 4 nitrogen and oxygen atoms in total. The molecule has 0 unspecified atom stereocenters. The maximum Gasteiger partial charge on any atom is 0.161 e. The van der Waals surface area contributed by atoms with Crippen LogP contribution in [0.3, 0.4) is 0 Å². The van der Waals surface area contributed by atoms with Gasteiger partial charge in [-0.25, -0.2) is 0 Å². The van der Waals surface area contributed by atoms with E-state index in [9.17, 15) is 0 Å². The molecule has 136 valence electrons. The predicted octanol–water partition coefficient (Wildman–Crippen LogP) is 4.35. The van der Waals surface area contributed by atoms with Crippen molar-refractivity contribution in [3.8, 4) is 17.2 Å². The van der Waals surface area contributed by atoms with Crippen molar-refractivity contribution in [2.24, 2.45) is 0 Å². The number of unbranched alkanes of at least 4 members (excludes halogenated alkanes) is 1. The molecule has 0 fully saturated rings. The molecule has 0 saturated heterocycles. The number of hydrogen-bond donors (Lipinski definition) is 1. The van der Waals surface area contributed by atoms with Gasteiger partial charge in [0.1, 0.15) is 25.6 Å². The summed E-state index contributed by atoms with van der Waals surface area (Å²) in [4.78, 5) is 0. The van der Waals surface area contributed by atoms with Crippen LogP contribution in [0.15, 0.2) is 42.5 Å². The molecular formula is C20H26ClNO3. The normalized spacial score (nSPS) is 12.4. The lowest BCUT2D eigenvalue weighted by Gasteiger charge is -2.19. The maximum atomic E-state index is 5.86. The molecular weight excluding hydrogens is 338 g/mol. The van der Waals surface area contributed by atoms with Crippen LogP contribution in [0.1, 0.15) is 30.9 Å². The van der Waals surface area contributed by atoms with Gasteiger partial charge in [0.15, 0.2) is 11.5 Å². The third-order valence-corrected chi connectivity index (χ3v) is 3.97. The van der Waals surface area contributed by atoms with Crippen molar-refractivity contribution < 1.29 is 14.2 Å². The Morgan fingerprint density at radius 3 is 2.44 bits per heavy atom. The fourth-order valence-corrected chi connectivity index (χ4v) is 2.58. The fraction of sp³-hybridized carbons (Fsp3) is 0.400. The largest absolute Gasteiger partial charge is 0.489 e. The summed E-state index contributed by atoms with van der Waals surface area (Å²) < 4.78 is 17.0. The lowest BCUT2D eigenvalue weighted by molar-refractivity contribution is 0.171. The van der Waals surface area contributed by atoms with Gasteiger partial charge in [-0.15, -0.1) is 12.4 Å². The smallest absolute Gasteiger partial charge is 0.161 e. The fourth-order valence-electron chi connectivity index (χ4n) is 2.58. The summed E-state index contributed by atoms with van der Waals surface area (Å²) in [5.74, 6) is 2.49. The highest BCUT2D eigenvalue weighted by Gasteiger charge is 2.11. The van der Waals surface area contributed by atoms with Gasteiger partial charge in [-0.3, -0.25) is 0 Å². The van der Waals surface area contributed by atoms with Crippen LogP contribution in [0.5, 0.6) is 17.2 Å². The molecule has 0 spiro atoms. The number of halogens is 1. The average Bonchev–Trinajstić information content (AvgIpc) is 2.64. The van der Waals surface area contributed by atoms with Crippen molar-refractivity contribution in [1.82, 2.24) is 5.32 Å². The molecule has 0 radical (unpaired) electrons. The number of nitrogens with one attached hydrogen (secondary N) is 1. The van der Waals surface area contributed by atoms with Gasteiger partial charge in [0, 0.05) is 6.54 Å². The molecule has 1 heterocycles. The monoisotopic (exact) mass is 363 g/mol. The van der Waals surface area contributed by atoms with Gasteiger partial charge < -0.3 is 19.5 Å². The molecule has 1 aliphatic heterocycles. The van der Waals surface area contributed by atoms with Gasteiger partial charge in [0.2, 0.25) is 0 Å². The van der Waals surface area contributed by atoms with Crippen LogP contribution in [-0.4, -0.2) is 19.8 Å². The molecule has 2 aromatic carbocycles. The van der Waals surface area contributed by atoms with E-state index in [1.165, 1.54) is 18.4 Å². The predicted molar refractivity (Wildman–Crippen MR) is 102 cm³/mol. The van der Waals surface area contributed by atoms with Gasteiger partial charge in [0.05, 0.1) is 0 Å². The van der Waals surface area contributed by atoms with E-state index in [4.69, 9.17) is 14.2 Å². The molecule has 0 bridgehead atoms. The van der Waals surface area contributed by atoms with E-state index in [0.29, 0.717) is 19.8 Å². The van der Waals surface area contributed by atoms with Crippen LogP contribution < -0.4 is 19.5 Å². The molecule has 1 N–H and O–H groups in total. The van der Waals surface area contributed by atoms with Crippen molar-refractivity contribution in [3.05, 3.63) is 53.6 Å². The number of rotatable bonds is 8. The van der Waals surface area contributed by atoms with Gasteiger partial charge in [-0.1, -0.05) is 31.5 Å². The molecule has 1 aliphatic rings. The lowest BCUT2D eigenvalue weighted by atomic mass is 10.2. The second kappa shape index (κ2) is 10.2. The standard InChI is InChI=1S/C20H25NO3.ClH/c1-2-3-10-21-14-16-4-7-18(8-5-16)24-15-17-6-9-19-20(13-17)23-12-11-22-19;/h4-9,13,21H,2-3,10-12,14-15H2,1H3;1H. The molecule has 25 heavy (non-hydrogen) atoms. The molecule has 0 aliphatic carbocycles. The van der Waals surface area contributed by atoms with Crippen LogP contribution in [0.4, 0.5) is 0 Å². The lowest BCUT2D eigenvalue weighted by Crippen LogP contribution is -2.15. The number of benzene rings is 2. The Hall–Kier alpha value is -1.91.